The molecule has 0 spiro atoms. The molecule has 1 aromatic heterocycles. The Balaban J connectivity index is 1.60. The number of benzene rings is 2. The fourth-order valence-corrected chi connectivity index (χ4v) is 3.87. The first-order valence-corrected chi connectivity index (χ1v) is 10.6. The Labute approximate surface area is 186 Å². The molecule has 168 valence electrons. The van der Waals surface area contributed by atoms with Gasteiger partial charge >= 0.3 is 6.03 Å². The zero-order chi connectivity index (χ0) is 22.5. The van der Waals surface area contributed by atoms with Crippen molar-refractivity contribution in [1.82, 2.24) is 9.88 Å². The first-order valence-electron chi connectivity index (χ1n) is 10.6. The number of carbonyl (C=O) groups excluding carboxylic acids is 1. The third-order valence-corrected chi connectivity index (χ3v) is 5.58. The standard InChI is InChI=1S/C24H27N3O5/c1-30-18-10-9-16-12-17(23(28)25-21(16)13-18)14-27(15-19-6-5-11-32-19)24(29)26-20-7-3-4-8-22(20)31-2/h3-4,7-10,12-13,19H,5-6,11,14-15H2,1-2H3,(H,25,28)(H,26,29). The summed E-state index contributed by atoms with van der Waals surface area (Å²) in [7, 11) is 3.13. The summed E-state index contributed by atoms with van der Waals surface area (Å²) in [5, 5.41) is 3.77. The number of urea groups is 1. The smallest absolute Gasteiger partial charge is 0.322 e. The molecule has 2 aromatic carbocycles. The van der Waals surface area contributed by atoms with Crippen LogP contribution in [0.5, 0.6) is 11.5 Å². The van der Waals surface area contributed by atoms with E-state index in [2.05, 4.69) is 10.3 Å². The zero-order valence-electron chi connectivity index (χ0n) is 18.2. The molecule has 2 heterocycles. The molecule has 0 saturated carbocycles. The molecule has 1 atom stereocenters. The number of amides is 2. The lowest BCUT2D eigenvalue weighted by Crippen LogP contribution is -2.40. The van der Waals surface area contributed by atoms with Crippen LogP contribution in [0.25, 0.3) is 10.9 Å². The molecule has 1 unspecified atom stereocenters. The third kappa shape index (κ3) is 4.86. The van der Waals surface area contributed by atoms with Crippen molar-refractivity contribution in [2.75, 3.05) is 32.7 Å². The second-order valence-corrected chi connectivity index (χ2v) is 7.72. The normalized spacial score (nSPS) is 15.5. The van der Waals surface area contributed by atoms with Gasteiger partial charge in [0.15, 0.2) is 0 Å². The van der Waals surface area contributed by atoms with Gasteiger partial charge in [0.2, 0.25) is 0 Å². The van der Waals surface area contributed by atoms with Gasteiger partial charge in [0.05, 0.1) is 38.1 Å². The Hall–Kier alpha value is -3.52. The van der Waals surface area contributed by atoms with Crippen LogP contribution in [0.1, 0.15) is 18.4 Å². The van der Waals surface area contributed by atoms with Crippen LogP contribution in [0.4, 0.5) is 10.5 Å². The van der Waals surface area contributed by atoms with Gasteiger partial charge < -0.3 is 29.4 Å². The van der Waals surface area contributed by atoms with Crippen LogP contribution >= 0.6 is 0 Å². The Morgan fingerprint density at radius 1 is 1.19 bits per heavy atom. The minimum atomic E-state index is -0.320. The zero-order valence-corrected chi connectivity index (χ0v) is 18.2. The van der Waals surface area contributed by atoms with Crippen LogP contribution in [-0.4, -0.2) is 49.4 Å². The number of methoxy groups -OCH3 is 2. The number of hydrogen-bond acceptors (Lipinski definition) is 5. The van der Waals surface area contributed by atoms with Gasteiger partial charge in [-0.15, -0.1) is 0 Å². The van der Waals surface area contributed by atoms with E-state index in [1.165, 1.54) is 0 Å². The van der Waals surface area contributed by atoms with Crippen molar-refractivity contribution in [2.24, 2.45) is 0 Å². The number of aromatic amines is 1. The van der Waals surface area contributed by atoms with Crippen molar-refractivity contribution in [3.05, 3.63) is 64.4 Å². The molecule has 1 fully saturated rings. The summed E-state index contributed by atoms with van der Waals surface area (Å²) in [6.45, 7) is 1.23. The lowest BCUT2D eigenvalue weighted by Gasteiger charge is -2.26. The van der Waals surface area contributed by atoms with Crippen molar-refractivity contribution < 1.29 is 19.0 Å². The van der Waals surface area contributed by atoms with E-state index in [0.717, 1.165) is 18.2 Å². The summed E-state index contributed by atoms with van der Waals surface area (Å²) in [4.78, 5) is 30.5. The molecule has 4 rings (SSSR count). The van der Waals surface area contributed by atoms with Gasteiger partial charge in [-0.05, 0) is 48.6 Å². The van der Waals surface area contributed by atoms with E-state index in [4.69, 9.17) is 14.2 Å². The van der Waals surface area contributed by atoms with Crippen LogP contribution in [0.15, 0.2) is 53.3 Å². The number of aromatic nitrogens is 1. The molecule has 1 aliphatic rings. The summed E-state index contributed by atoms with van der Waals surface area (Å²) in [6.07, 6.45) is 1.79. The number of para-hydroxylation sites is 2. The van der Waals surface area contributed by atoms with Crippen molar-refractivity contribution >= 4 is 22.6 Å². The highest BCUT2D eigenvalue weighted by atomic mass is 16.5. The topological polar surface area (TPSA) is 92.9 Å². The SMILES string of the molecule is COc1ccc2cc(CN(CC3CCCO3)C(=O)Nc3ccccc3OC)c(=O)[nH]c2c1. The van der Waals surface area contributed by atoms with Crippen molar-refractivity contribution in [1.29, 1.82) is 0 Å². The largest absolute Gasteiger partial charge is 0.497 e. The second-order valence-electron chi connectivity index (χ2n) is 7.72. The van der Waals surface area contributed by atoms with Crippen molar-refractivity contribution in [2.45, 2.75) is 25.5 Å². The van der Waals surface area contributed by atoms with Gasteiger partial charge in [-0.25, -0.2) is 4.79 Å². The Morgan fingerprint density at radius 3 is 2.78 bits per heavy atom. The minimum absolute atomic E-state index is 0.0535. The molecule has 1 aliphatic heterocycles. The number of carbonyl (C=O) groups is 1. The van der Waals surface area contributed by atoms with Gasteiger partial charge in [0, 0.05) is 24.8 Å². The molecule has 2 N–H and O–H groups in total. The molecule has 2 amide bonds. The van der Waals surface area contributed by atoms with Crippen LogP contribution < -0.4 is 20.3 Å². The number of nitrogens with one attached hydrogen (secondary N) is 2. The van der Waals surface area contributed by atoms with Gasteiger partial charge in [0.25, 0.3) is 5.56 Å². The van der Waals surface area contributed by atoms with E-state index in [0.29, 0.717) is 41.4 Å². The Kier molecular flexibility index (Phi) is 6.61. The molecular formula is C24H27N3O5. The van der Waals surface area contributed by atoms with Gasteiger partial charge in [-0.3, -0.25) is 4.79 Å². The monoisotopic (exact) mass is 437 g/mol. The highest BCUT2D eigenvalue weighted by Crippen LogP contribution is 2.24. The molecule has 1 saturated heterocycles. The Morgan fingerprint density at radius 2 is 2.03 bits per heavy atom. The summed E-state index contributed by atoms with van der Waals surface area (Å²) >= 11 is 0. The van der Waals surface area contributed by atoms with Crippen molar-refractivity contribution in [3.63, 3.8) is 0 Å². The molecule has 0 bridgehead atoms. The maximum atomic E-state index is 13.2. The molecule has 8 heteroatoms. The average molecular weight is 437 g/mol. The number of pyridine rings is 1. The predicted molar refractivity (Wildman–Crippen MR) is 123 cm³/mol. The fraction of sp³-hybridized carbons (Fsp3) is 0.333. The van der Waals surface area contributed by atoms with Crippen LogP contribution in [-0.2, 0) is 11.3 Å². The first-order chi connectivity index (χ1) is 15.6. The molecular weight excluding hydrogens is 410 g/mol. The molecule has 0 aliphatic carbocycles. The number of nitrogens with zero attached hydrogens (tertiary/aromatic N) is 1. The highest BCUT2D eigenvalue weighted by molar-refractivity contribution is 5.91. The molecule has 8 nitrogen and oxygen atoms in total. The van der Waals surface area contributed by atoms with Crippen LogP contribution in [0.3, 0.4) is 0 Å². The molecule has 32 heavy (non-hydrogen) atoms. The van der Waals surface area contributed by atoms with Gasteiger partial charge in [-0.2, -0.15) is 0 Å². The minimum Gasteiger partial charge on any atom is -0.497 e. The quantitative estimate of drug-likeness (QED) is 0.587. The van der Waals surface area contributed by atoms with E-state index in [1.54, 1.807) is 37.3 Å². The van der Waals surface area contributed by atoms with Crippen LogP contribution in [0, 0.1) is 0 Å². The second kappa shape index (κ2) is 9.74. The number of ether oxygens (including phenoxy) is 3. The van der Waals surface area contributed by atoms with E-state index in [-0.39, 0.29) is 24.2 Å². The van der Waals surface area contributed by atoms with Gasteiger partial charge in [0.1, 0.15) is 11.5 Å². The Bertz CT molecular complexity index is 1150. The maximum absolute atomic E-state index is 13.2. The summed E-state index contributed by atoms with van der Waals surface area (Å²) in [5.74, 6) is 1.23. The van der Waals surface area contributed by atoms with E-state index in [1.807, 2.05) is 30.3 Å². The van der Waals surface area contributed by atoms with E-state index < -0.39 is 0 Å². The third-order valence-electron chi connectivity index (χ3n) is 5.58. The number of anilines is 1. The highest BCUT2D eigenvalue weighted by Gasteiger charge is 2.24. The fourth-order valence-electron chi connectivity index (χ4n) is 3.87. The van der Waals surface area contributed by atoms with Crippen LogP contribution in [0.2, 0.25) is 0 Å². The van der Waals surface area contributed by atoms with E-state index >= 15 is 0 Å². The predicted octanol–water partition coefficient (Wildman–Crippen LogP) is 3.76. The average Bonchev–Trinajstić information content (AvgIpc) is 3.32. The number of fused-ring (bicyclic) bond motifs is 1. The molecule has 0 radical (unpaired) electrons. The lowest BCUT2D eigenvalue weighted by atomic mass is 10.1. The number of H-pyrrole nitrogens is 1. The molecule has 3 aromatic rings. The van der Waals surface area contributed by atoms with E-state index in [9.17, 15) is 9.59 Å². The maximum Gasteiger partial charge on any atom is 0.322 e. The number of rotatable bonds is 7. The summed E-state index contributed by atoms with van der Waals surface area (Å²) < 4.78 is 16.3. The summed E-state index contributed by atoms with van der Waals surface area (Å²) in [6, 6.07) is 14.2. The van der Waals surface area contributed by atoms with Gasteiger partial charge in [-0.1, -0.05) is 12.1 Å². The van der Waals surface area contributed by atoms with Crippen molar-refractivity contribution in [3.8, 4) is 11.5 Å². The lowest BCUT2D eigenvalue weighted by molar-refractivity contribution is 0.0818. The number of hydrogen-bond donors (Lipinski definition) is 2. The summed E-state index contributed by atoms with van der Waals surface area (Å²) in [5.41, 5.74) is 1.50. The first kappa shape index (κ1) is 21.7.